The van der Waals surface area contributed by atoms with Crippen LogP contribution < -0.4 is 44.2 Å². The second kappa shape index (κ2) is 18.7. The molecule has 0 aromatic carbocycles. The van der Waals surface area contributed by atoms with Crippen molar-refractivity contribution in [3.8, 4) is 0 Å². The smallest absolute Gasteiger partial charge is 0.249 e. The number of alkyl halides is 1. The van der Waals surface area contributed by atoms with E-state index in [1.807, 2.05) is 0 Å². The Bertz CT molecular complexity index is 1090. The summed E-state index contributed by atoms with van der Waals surface area (Å²) in [5, 5.41) is 72.5. The maximum Gasteiger partial charge on any atom is 0.249 e. The predicted octanol–water partition coefficient (Wildman–Crippen LogP) is -6.92. The quantitative estimate of drug-likeness (QED) is 0.0584. The number of nitrogens with two attached hydrogens (primary N) is 4. The Morgan fingerprint density at radius 3 is 2.50 bits per heavy atom. The van der Waals surface area contributed by atoms with Crippen molar-refractivity contribution in [2.45, 2.75) is 117 Å². The minimum Gasteiger partial charge on any atom is -0.394 e. The summed E-state index contributed by atoms with van der Waals surface area (Å²) in [6, 6.07) is -4.24. The molecule has 1 saturated carbocycles. The van der Waals surface area contributed by atoms with Crippen LogP contribution >= 0.6 is 0 Å². The molecule has 0 aromatic heterocycles. The van der Waals surface area contributed by atoms with Gasteiger partial charge >= 0.3 is 0 Å². The van der Waals surface area contributed by atoms with Gasteiger partial charge in [-0.1, -0.05) is 0 Å². The van der Waals surface area contributed by atoms with Gasteiger partial charge in [-0.25, -0.2) is 4.39 Å². The number of guanidine groups is 1. The summed E-state index contributed by atoms with van der Waals surface area (Å²) in [5.41, 5.74) is 21.1. The molecular formula is C29H56FN9O11. The third-order valence-electron chi connectivity index (χ3n) is 9.41. The van der Waals surface area contributed by atoms with Crippen LogP contribution in [0, 0.1) is 5.41 Å². The topological polar surface area (TPSA) is 340 Å². The molecule has 3 aliphatic heterocycles. The number of morpholine rings is 1. The van der Waals surface area contributed by atoms with Gasteiger partial charge in [-0.2, -0.15) is 0 Å². The average molecular weight is 726 g/mol. The molecule has 50 heavy (non-hydrogen) atoms. The van der Waals surface area contributed by atoms with Crippen molar-refractivity contribution in [1.82, 2.24) is 21.3 Å². The zero-order valence-corrected chi connectivity index (χ0v) is 27.9. The van der Waals surface area contributed by atoms with Gasteiger partial charge in [0.15, 0.2) is 24.2 Å². The number of nitrogens with one attached hydrogen (secondary N) is 5. The fourth-order valence-corrected chi connectivity index (χ4v) is 6.71. The molecule has 1 aliphatic carbocycles. The number of rotatable bonds is 14. The number of hydrogen-bond donors (Lipinski definition) is 14. The van der Waals surface area contributed by atoms with Crippen molar-refractivity contribution >= 4 is 11.9 Å². The van der Waals surface area contributed by atoms with E-state index in [2.05, 4.69) is 21.3 Å². The van der Waals surface area contributed by atoms with Crippen LogP contribution in [0.25, 0.3) is 0 Å². The summed E-state index contributed by atoms with van der Waals surface area (Å²) >= 11 is 0. The average Bonchev–Trinajstić information content (AvgIpc) is 3.08. The first-order valence-corrected chi connectivity index (χ1v) is 17.0. The van der Waals surface area contributed by atoms with E-state index in [-0.39, 0.29) is 57.4 Å². The second-order valence-electron chi connectivity index (χ2n) is 13.4. The molecule has 0 radical (unpaired) electrons. The molecule has 15 atom stereocenters. The lowest BCUT2D eigenvalue weighted by Crippen LogP contribution is -2.69. The number of halogens is 1. The van der Waals surface area contributed by atoms with E-state index >= 15 is 4.39 Å². The maximum atomic E-state index is 17.4. The van der Waals surface area contributed by atoms with Gasteiger partial charge in [0.25, 0.3) is 0 Å². The van der Waals surface area contributed by atoms with E-state index in [0.717, 1.165) is 0 Å². The van der Waals surface area contributed by atoms with Gasteiger partial charge < -0.3 is 93.4 Å². The van der Waals surface area contributed by atoms with Gasteiger partial charge in [0.05, 0.1) is 56.3 Å². The van der Waals surface area contributed by atoms with E-state index in [9.17, 15) is 30.3 Å². The number of aliphatic hydroxyl groups is 5. The SMILES string of the molecule is N=C(NC[C@@H]1CNCCO1)NC1C(O)[C@@H](CO)OC(OC2[C@H](NC(=O)[C@@H](O)CCN)CC(N)CC2(F)CO[C@H]2OC(CN)[C@@H](O)CC2N)[C@@H]1O. The Labute approximate surface area is 289 Å². The number of amides is 1. The molecule has 8 unspecified atom stereocenters. The number of aliphatic hydroxyl groups excluding tert-OH is 5. The van der Waals surface area contributed by atoms with Crippen molar-refractivity contribution in [1.29, 1.82) is 5.41 Å². The lowest BCUT2D eigenvalue weighted by molar-refractivity contribution is -0.314. The first-order valence-electron chi connectivity index (χ1n) is 17.0. The molecule has 4 aliphatic rings. The summed E-state index contributed by atoms with van der Waals surface area (Å²) in [5.74, 6) is -1.14. The van der Waals surface area contributed by atoms with Crippen molar-refractivity contribution < 1.29 is 58.4 Å². The lowest BCUT2D eigenvalue weighted by atomic mass is 9.77. The highest BCUT2D eigenvalue weighted by atomic mass is 19.1. The fourth-order valence-electron chi connectivity index (χ4n) is 6.71. The Morgan fingerprint density at radius 1 is 1.10 bits per heavy atom. The van der Waals surface area contributed by atoms with Gasteiger partial charge in [-0.05, 0) is 25.8 Å². The van der Waals surface area contributed by atoms with Gasteiger partial charge in [0.2, 0.25) is 5.91 Å². The Morgan fingerprint density at radius 2 is 1.84 bits per heavy atom. The molecule has 1 amide bonds. The summed E-state index contributed by atoms with van der Waals surface area (Å²) in [4.78, 5) is 12.9. The molecule has 18 N–H and O–H groups in total. The van der Waals surface area contributed by atoms with E-state index < -0.39 is 104 Å². The molecule has 0 spiro atoms. The monoisotopic (exact) mass is 725 g/mol. The first-order chi connectivity index (χ1) is 23.8. The third-order valence-corrected chi connectivity index (χ3v) is 9.41. The van der Waals surface area contributed by atoms with Crippen LogP contribution in [0.4, 0.5) is 4.39 Å². The minimum absolute atomic E-state index is 0.00444. The molecule has 0 aromatic rings. The highest BCUT2D eigenvalue weighted by Crippen LogP contribution is 2.38. The van der Waals surface area contributed by atoms with Crippen LogP contribution in [0.3, 0.4) is 0 Å². The van der Waals surface area contributed by atoms with Crippen LogP contribution in [0.5, 0.6) is 0 Å². The summed E-state index contributed by atoms with van der Waals surface area (Å²) < 4.78 is 46.3. The molecule has 20 nitrogen and oxygen atoms in total. The van der Waals surface area contributed by atoms with E-state index in [1.54, 1.807) is 0 Å². The normalized spacial score (nSPS) is 41.6. The Balaban J connectivity index is 1.55. The zero-order chi connectivity index (χ0) is 36.6. The number of carbonyl (C=O) groups is 1. The molecular weight excluding hydrogens is 669 g/mol. The number of hydrogen-bond acceptors (Lipinski definition) is 17. The standard InChI is InChI=1S/C29H56FN9O11/c30-29(12-47-26-15(34)6-18(42)19(8-32)48-26)7-13(33)5-16(38-25(45)17(41)1-2-31)24(29)50-27-23(44)21(22(43)20(11-40)49-27)39-28(35)37-10-14-9-36-3-4-46-14/h13-24,26-27,36,40-44H,1-12,31-34H2,(H,38,45)(H3,35,37,39)/t13?,14-,15?,16+,17-,18-,19?,20+,21?,22?,23+,24?,26-,27?,29?/m0/s1. The minimum atomic E-state index is -2.51. The van der Waals surface area contributed by atoms with Crippen LogP contribution in [-0.2, 0) is 28.5 Å². The molecule has 4 rings (SSSR count). The summed E-state index contributed by atoms with van der Waals surface area (Å²) in [6.45, 7) is 0.474. The van der Waals surface area contributed by atoms with Gasteiger partial charge in [0, 0.05) is 38.6 Å². The van der Waals surface area contributed by atoms with Gasteiger partial charge in [-0.15, -0.1) is 0 Å². The fraction of sp³-hybridized carbons (Fsp3) is 0.931. The molecule has 0 bridgehead atoms. The second-order valence-corrected chi connectivity index (χ2v) is 13.4. The van der Waals surface area contributed by atoms with Crippen molar-refractivity contribution in [2.75, 3.05) is 52.5 Å². The molecule has 3 saturated heterocycles. The Hall–Kier alpha value is -1.93. The highest BCUT2D eigenvalue weighted by Gasteiger charge is 2.55. The third kappa shape index (κ3) is 10.4. The van der Waals surface area contributed by atoms with E-state index in [4.69, 9.17) is 52.0 Å². The van der Waals surface area contributed by atoms with Crippen LogP contribution in [0.2, 0.25) is 0 Å². The van der Waals surface area contributed by atoms with Crippen molar-refractivity contribution in [2.24, 2.45) is 22.9 Å². The maximum absolute atomic E-state index is 17.4. The first kappa shape index (κ1) is 40.8. The number of carbonyl (C=O) groups excluding carboxylic acids is 1. The molecule has 4 fully saturated rings. The zero-order valence-electron chi connectivity index (χ0n) is 27.9. The summed E-state index contributed by atoms with van der Waals surface area (Å²) in [7, 11) is 0. The molecule has 21 heteroatoms. The van der Waals surface area contributed by atoms with Crippen molar-refractivity contribution in [3.63, 3.8) is 0 Å². The predicted molar refractivity (Wildman–Crippen MR) is 173 cm³/mol. The highest BCUT2D eigenvalue weighted by molar-refractivity contribution is 5.80. The summed E-state index contributed by atoms with van der Waals surface area (Å²) in [6.07, 6.45) is -13.1. The molecule has 3 heterocycles. The number of ether oxygens (including phenoxy) is 5. The van der Waals surface area contributed by atoms with Crippen LogP contribution in [-0.4, -0.2) is 181 Å². The lowest BCUT2D eigenvalue weighted by Gasteiger charge is -2.49. The van der Waals surface area contributed by atoms with E-state index in [1.165, 1.54) is 0 Å². The van der Waals surface area contributed by atoms with Crippen molar-refractivity contribution in [3.05, 3.63) is 0 Å². The van der Waals surface area contributed by atoms with Crippen LogP contribution in [0.1, 0.15) is 25.7 Å². The Kier molecular flexibility index (Phi) is 15.3. The van der Waals surface area contributed by atoms with Gasteiger partial charge in [0.1, 0.15) is 30.5 Å². The van der Waals surface area contributed by atoms with Gasteiger partial charge in [-0.3, -0.25) is 10.2 Å². The largest absolute Gasteiger partial charge is 0.394 e. The van der Waals surface area contributed by atoms with E-state index in [0.29, 0.717) is 19.7 Å². The van der Waals surface area contributed by atoms with Crippen LogP contribution in [0.15, 0.2) is 0 Å². The molecule has 290 valence electrons.